The van der Waals surface area contributed by atoms with Crippen molar-refractivity contribution in [2.24, 2.45) is 11.3 Å². The van der Waals surface area contributed by atoms with Gasteiger partial charge in [0.1, 0.15) is 24.9 Å². The van der Waals surface area contributed by atoms with E-state index in [1.807, 2.05) is 45.0 Å². The summed E-state index contributed by atoms with van der Waals surface area (Å²) in [7, 11) is 1.58. The number of methoxy groups -OCH3 is 1. The second-order valence-electron chi connectivity index (χ2n) is 12.7. The van der Waals surface area contributed by atoms with E-state index in [1.54, 1.807) is 42.0 Å². The number of likely N-dealkylation sites (tertiary alicyclic amines) is 1. The molecule has 0 aliphatic carbocycles. The quantitative estimate of drug-likeness (QED) is 0.397. The van der Waals surface area contributed by atoms with E-state index in [1.165, 1.54) is 4.90 Å². The number of amides is 3. The van der Waals surface area contributed by atoms with Gasteiger partial charge in [0.15, 0.2) is 0 Å². The molecular formula is C34H44ClN3O7. The van der Waals surface area contributed by atoms with Gasteiger partial charge in [0.25, 0.3) is 0 Å². The molecule has 2 aliphatic rings. The minimum absolute atomic E-state index is 0.0281. The number of esters is 1. The van der Waals surface area contributed by atoms with Crippen LogP contribution in [0.4, 0.5) is 5.69 Å². The van der Waals surface area contributed by atoms with Crippen LogP contribution in [0.25, 0.3) is 0 Å². The Labute approximate surface area is 270 Å². The van der Waals surface area contributed by atoms with E-state index in [0.29, 0.717) is 48.0 Å². The molecule has 1 saturated heterocycles. The number of carbonyl (C=O) groups is 4. The summed E-state index contributed by atoms with van der Waals surface area (Å²) in [6.07, 6.45) is 0.546. The summed E-state index contributed by atoms with van der Waals surface area (Å²) in [4.78, 5) is 58.3. The van der Waals surface area contributed by atoms with Crippen LogP contribution in [0.15, 0.2) is 42.5 Å². The number of halogens is 1. The zero-order valence-corrected chi connectivity index (χ0v) is 27.6. The number of nitrogens with zero attached hydrogens (tertiary/aromatic N) is 3. The van der Waals surface area contributed by atoms with Crippen molar-refractivity contribution in [2.45, 2.75) is 53.1 Å². The Hall–Kier alpha value is -3.63. The van der Waals surface area contributed by atoms with E-state index in [4.69, 9.17) is 25.8 Å². The van der Waals surface area contributed by atoms with Gasteiger partial charge in [-0.2, -0.15) is 0 Å². The van der Waals surface area contributed by atoms with E-state index in [-0.39, 0.29) is 68.4 Å². The van der Waals surface area contributed by atoms with Gasteiger partial charge in [-0.3, -0.25) is 19.2 Å². The molecule has 3 amide bonds. The molecule has 0 spiro atoms. The van der Waals surface area contributed by atoms with Crippen LogP contribution < -0.4 is 9.64 Å². The fraction of sp³-hybridized carbons (Fsp3) is 0.529. The number of ether oxygens (including phenoxy) is 3. The van der Waals surface area contributed by atoms with Crippen molar-refractivity contribution >= 4 is 41.0 Å². The Morgan fingerprint density at radius 2 is 1.82 bits per heavy atom. The number of fused-ring (bicyclic) bond motifs is 1. The lowest BCUT2D eigenvalue weighted by atomic mass is 9.93. The first-order valence-electron chi connectivity index (χ1n) is 15.5. The van der Waals surface area contributed by atoms with Crippen LogP contribution in [-0.2, 0) is 28.7 Å². The lowest BCUT2D eigenvalue weighted by Crippen LogP contribution is -2.51. The summed E-state index contributed by atoms with van der Waals surface area (Å²) in [5, 5.41) is 0.473. The molecule has 45 heavy (non-hydrogen) atoms. The fourth-order valence-electron chi connectivity index (χ4n) is 5.82. The van der Waals surface area contributed by atoms with E-state index in [9.17, 15) is 19.2 Å². The number of hydrogen-bond acceptors (Lipinski definition) is 7. The minimum Gasteiger partial charge on any atom is -0.496 e. The highest BCUT2D eigenvalue weighted by Crippen LogP contribution is 2.40. The molecule has 2 aromatic carbocycles. The first-order chi connectivity index (χ1) is 21.4. The first-order valence-corrected chi connectivity index (χ1v) is 15.9. The largest absolute Gasteiger partial charge is 0.496 e. The molecule has 244 valence electrons. The van der Waals surface area contributed by atoms with Crippen molar-refractivity contribution in [3.05, 3.63) is 58.6 Å². The Morgan fingerprint density at radius 1 is 1.07 bits per heavy atom. The number of para-hydroxylation sites is 1. The molecule has 2 aliphatic heterocycles. The van der Waals surface area contributed by atoms with Crippen molar-refractivity contribution in [3.63, 3.8) is 0 Å². The Balaban J connectivity index is 1.70. The van der Waals surface area contributed by atoms with Crippen molar-refractivity contribution in [1.29, 1.82) is 0 Å². The molecular weight excluding hydrogens is 598 g/mol. The number of hydrogen-bond donors (Lipinski definition) is 0. The van der Waals surface area contributed by atoms with Crippen LogP contribution >= 0.6 is 11.6 Å². The van der Waals surface area contributed by atoms with Gasteiger partial charge < -0.3 is 28.9 Å². The van der Waals surface area contributed by atoms with Crippen LogP contribution in [0.2, 0.25) is 5.02 Å². The SMILES string of the molecule is CCOC(=O)C1CCCN(C(=O)CN2CC(=O)N(CC(C)(C)C)c3ccc(Cl)cc3C(c3ccccc3OC)OCCC2=O)C1. The fourth-order valence-corrected chi connectivity index (χ4v) is 6.00. The second-order valence-corrected chi connectivity index (χ2v) is 13.1. The Bertz CT molecular complexity index is 1390. The summed E-state index contributed by atoms with van der Waals surface area (Å²) in [5.41, 5.74) is 1.68. The lowest BCUT2D eigenvalue weighted by Gasteiger charge is -2.35. The summed E-state index contributed by atoms with van der Waals surface area (Å²) in [6, 6.07) is 12.8. The standard InChI is InChI=1S/C34H44ClN3O7/c1-6-44-33(42)23-10-9-16-36(19-23)30(40)20-37-21-31(41)38(22-34(2,3)4)27-14-13-24(35)18-26(27)32(45-17-15-29(37)39)25-11-7-8-12-28(25)43-5/h7-8,11-14,18,23,32H,6,9-10,15-17,19-22H2,1-5H3. The molecule has 0 radical (unpaired) electrons. The predicted molar refractivity (Wildman–Crippen MR) is 171 cm³/mol. The number of piperidine rings is 1. The number of carbonyl (C=O) groups excluding carboxylic acids is 4. The van der Waals surface area contributed by atoms with Gasteiger partial charge in [0, 0.05) is 41.5 Å². The zero-order chi connectivity index (χ0) is 32.7. The molecule has 0 saturated carbocycles. The summed E-state index contributed by atoms with van der Waals surface area (Å²) >= 11 is 6.52. The van der Waals surface area contributed by atoms with Gasteiger partial charge in [0.05, 0.1) is 32.7 Å². The van der Waals surface area contributed by atoms with Gasteiger partial charge in [-0.25, -0.2) is 0 Å². The maximum atomic E-state index is 14.2. The van der Waals surface area contributed by atoms with Gasteiger partial charge in [-0.05, 0) is 49.4 Å². The lowest BCUT2D eigenvalue weighted by molar-refractivity contribution is -0.152. The van der Waals surface area contributed by atoms with E-state index < -0.39 is 12.0 Å². The average molecular weight is 642 g/mol. The molecule has 10 nitrogen and oxygen atoms in total. The van der Waals surface area contributed by atoms with Crippen molar-refractivity contribution < 1.29 is 33.4 Å². The Kier molecular flexibility index (Phi) is 11.5. The molecule has 0 bridgehead atoms. The van der Waals surface area contributed by atoms with E-state index in [0.717, 1.165) is 5.56 Å². The summed E-state index contributed by atoms with van der Waals surface area (Å²) in [6.45, 7) is 8.58. The van der Waals surface area contributed by atoms with Gasteiger partial charge >= 0.3 is 5.97 Å². The zero-order valence-electron chi connectivity index (χ0n) is 26.8. The molecule has 1 fully saturated rings. The molecule has 2 aromatic rings. The van der Waals surface area contributed by atoms with Gasteiger partial charge in [-0.1, -0.05) is 50.6 Å². The third-order valence-electron chi connectivity index (χ3n) is 7.92. The van der Waals surface area contributed by atoms with Crippen LogP contribution in [0.5, 0.6) is 5.75 Å². The second kappa shape index (κ2) is 15.1. The van der Waals surface area contributed by atoms with Crippen molar-refractivity contribution in [2.75, 3.05) is 57.9 Å². The van der Waals surface area contributed by atoms with E-state index >= 15 is 0 Å². The molecule has 2 unspecified atom stereocenters. The van der Waals surface area contributed by atoms with Crippen LogP contribution in [0, 0.1) is 11.3 Å². The maximum absolute atomic E-state index is 14.2. The Morgan fingerprint density at radius 3 is 2.53 bits per heavy atom. The minimum atomic E-state index is -0.695. The van der Waals surface area contributed by atoms with Crippen LogP contribution in [0.3, 0.4) is 0 Å². The number of benzene rings is 2. The third kappa shape index (κ3) is 8.76. The van der Waals surface area contributed by atoms with Crippen molar-refractivity contribution in [3.8, 4) is 5.75 Å². The van der Waals surface area contributed by atoms with Gasteiger partial charge in [-0.15, -0.1) is 0 Å². The maximum Gasteiger partial charge on any atom is 0.310 e. The third-order valence-corrected chi connectivity index (χ3v) is 8.15. The van der Waals surface area contributed by atoms with Crippen molar-refractivity contribution in [1.82, 2.24) is 9.80 Å². The highest BCUT2D eigenvalue weighted by atomic mass is 35.5. The monoisotopic (exact) mass is 641 g/mol. The predicted octanol–water partition coefficient (Wildman–Crippen LogP) is 4.87. The smallest absolute Gasteiger partial charge is 0.310 e. The van der Waals surface area contributed by atoms with Gasteiger partial charge in [0.2, 0.25) is 17.7 Å². The highest BCUT2D eigenvalue weighted by molar-refractivity contribution is 6.30. The molecule has 11 heteroatoms. The normalized spacial score (nSPS) is 19.9. The molecule has 2 heterocycles. The van der Waals surface area contributed by atoms with Crippen LogP contribution in [0.1, 0.15) is 64.2 Å². The highest BCUT2D eigenvalue weighted by Gasteiger charge is 2.34. The first kappa shape index (κ1) is 34.2. The summed E-state index contributed by atoms with van der Waals surface area (Å²) in [5.74, 6) is -1.17. The average Bonchev–Trinajstić information content (AvgIpc) is 3.02. The molecule has 2 atom stereocenters. The topological polar surface area (TPSA) is 106 Å². The van der Waals surface area contributed by atoms with E-state index in [2.05, 4.69) is 0 Å². The molecule has 0 aromatic heterocycles. The summed E-state index contributed by atoms with van der Waals surface area (Å²) < 4.78 is 17.3. The number of rotatable bonds is 7. The molecule has 0 N–H and O–H groups in total. The van der Waals surface area contributed by atoms with Crippen LogP contribution in [-0.4, -0.2) is 86.5 Å². The molecule has 4 rings (SSSR count). The number of anilines is 1.